The molecule has 2 N–H and O–H groups in total. The van der Waals surface area contributed by atoms with Crippen LogP contribution in [0.4, 0.5) is 0 Å². The van der Waals surface area contributed by atoms with Gasteiger partial charge in [0.1, 0.15) is 5.56 Å². The number of aromatic amines is 1. The predicted molar refractivity (Wildman–Crippen MR) is 74.5 cm³/mol. The Balaban J connectivity index is 2.26. The number of hydrogen-bond acceptors (Lipinski definition) is 3. The molecule has 0 spiro atoms. The Morgan fingerprint density at radius 2 is 2.11 bits per heavy atom. The monoisotopic (exact) mass is 266 g/mol. The molecule has 106 valence electrons. The van der Waals surface area contributed by atoms with Crippen molar-refractivity contribution in [3.05, 3.63) is 33.7 Å². The summed E-state index contributed by atoms with van der Waals surface area (Å²) in [5.74, 6) is -0.338. The molecule has 1 heterocycles. The molecule has 0 radical (unpaired) electrons. The highest BCUT2D eigenvalue weighted by atomic mass is 16.5. The van der Waals surface area contributed by atoms with E-state index in [2.05, 4.69) is 17.2 Å². The number of amides is 1. The van der Waals surface area contributed by atoms with Gasteiger partial charge in [0.15, 0.2) is 5.43 Å². The summed E-state index contributed by atoms with van der Waals surface area (Å²) < 4.78 is 5.38. The minimum absolute atomic E-state index is 0.150. The summed E-state index contributed by atoms with van der Waals surface area (Å²) >= 11 is 0. The average molecular weight is 266 g/mol. The van der Waals surface area contributed by atoms with Crippen LogP contribution in [0.25, 0.3) is 0 Å². The lowest BCUT2D eigenvalue weighted by atomic mass is 10.2. The zero-order valence-electron chi connectivity index (χ0n) is 11.6. The molecule has 0 fully saturated rings. The maximum Gasteiger partial charge on any atom is 0.256 e. The van der Waals surface area contributed by atoms with Crippen LogP contribution in [0, 0.1) is 6.92 Å². The van der Waals surface area contributed by atoms with Crippen LogP contribution >= 0.6 is 0 Å². The van der Waals surface area contributed by atoms with Crippen LogP contribution in [0.5, 0.6) is 0 Å². The van der Waals surface area contributed by atoms with E-state index in [1.807, 2.05) is 0 Å². The van der Waals surface area contributed by atoms with Gasteiger partial charge in [-0.2, -0.15) is 0 Å². The Labute approximate surface area is 113 Å². The fourth-order valence-corrected chi connectivity index (χ4v) is 1.57. The van der Waals surface area contributed by atoms with Crippen molar-refractivity contribution in [3.63, 3.8) is 0 Å². The van der Waals surface area contributed by atoms with Crippen molar-refractivity contribution in [2.75, 3.05) is 19.8 Å². The number of hydrogen-bond donors (Lipinski definition) is 2. The van der Waals surface area contributed by atoms with Crippen molar-refractivity contribution >= 4 is 5.91 Å². The summed E-state index contributed by atoms with van der Waals surface area (Å²) in [6.07, 6.45) is 4.38. The van der Waals surface area contributed by atoms with Crippen LogP contribution < -0.4 is 10.7 Å². The lowest BCUT2D eigenvalue weighted by Gasteiger charge is -2.06. The summed E-state index contributed by atoms with van der Waals surface area (Å²) in [6.45, 7) is 5.80. The first kappa shape index (κ1) is 15.4. The molecule has 0 aliphatic rings. The zero-order valence-corrected chi connectivity index (χ0v) is 11.6. The third kappa shape index (κ3) is 5.70. The van der Waals surface area contributed by atoms with Gasteiger partial charge in [-0.15, -0.1) is 0 Å². The molecule has 5 heteroatoms. The lowest BCUT2D eigenvalue weighted by molar-refractivity contribution is 0.0939. The summed E-state index contributed by atoms with van der Waals surface area (Å²) in [5.41, 5.74) is 0.635. The second kappa shape index (κ2) is 8.48. The molecule has 0 aromatic carbocycles. The summed E-state index contributed by atoms with van der Waals surface area (Å²) in [7, 11) is 0. The number of nitrogens with one attached hydrogen (secondary N) is 2. The third-order valence-electron chi connectivity index (χ3n) is 2.70. The van der Waals surface area contributed by atoms with E-state index in [4.69, 9.17) is 4.74 Å². The molecule has 0 aliphatic heterocycles. The van der Waals surface area contributed by atoms with Gasteiger partial charge in [0.05, 0.1) is 0 Å². The molecule has 0 atom stereocenters. The zero-order chi connectivity index (χ0) is 14.1. The first-order valence-electron chi connectivity index (χ1n) is 6.70. The van der Waals surface area contributed by atoms with E-state index >= 15 is 0 Å². The number of ether oxygens (including phenoxy) is 1. The van der Waals surface area contributed by atoms with E-state index in [-0.39, 0.29) is 16.9 Å². The maximum absolute atomic E-state index is 11.7. The number of carbonyl (C=O) groups is 1. The van der Waals surface area contributed by atoms with Crippen LogP contribution in [-0.2, 0) is 4.74 Å². The SMILES string of the molecule is CCCCOCCCNC(=O)c1c[nH]c(C)cc1=O. The van der Waals surface area contributed by atoms with E-state index in [0.717, 1.165) is 31.6 Å². The van der Waals surface area contributed by atoms with E-state index in [1.165, 1.54) is 12.3 Å². The second-order valence-electron chi connectivity index (χ2n) is 4.47. The van der Waals surface area contributed by atoms with Crippen LogP contribution in [0.1, 0.15) is 42.2 Å². The van der Waals surface area contributed by atoms with Gasteiger partial charge in [-0.05, 0) is 19.8 Å². The average Bonchev–Trinajstić information content (AvgIpc) is 2.37. The summed E-state index contributed by atoms with van der Waals surface area (Å²) in [5, 5.41) is 2.71. The van der Waals surface area contributed by atoms with Crippen LogP contribution in [0.15, 0.2) is 17.1 Å². The van der Waals surface area contributed by atoms with Gasteiger partial charge >= 0.3 is 0 Å². The number of carbonyl (C=O) groups excluding carboxylic acids is 1. The molecule has 1 rings (SSSR count). The van der Waals surface area contributed by atoms with Crippen molar-refractivity contribution < 1.29 is 9.53 Å². The van der Waals surface area contributed by atoms with Gasteiger partial charge in [0.2, 0.25) is 0 Å². The first-order valence-corrected chi connectivity index (χ1v) is 6.70. The van der Waals surface area contributed by atoms with Crippen molar-refractivity contribution in [2.45, 2.75) is 33.1 Å². The standard InChI is InChI=1S/C14H22N2O3/c1-3-4-7-19-8-5-6-15-14(18)12-10-16-11(2)9-13(12)17/h9-10H,3-8H2,1-2H3,(H,15,18)(H,16,17). The van der Waals surface area contributed by atoms with E-state index in [0.29, 0.717) is 13.2 Å². The quantitative estimate of drug-likeness (QED) is 0.702. The molecule has 0 bridgehead atoms. The molecule has 0 unspecified atom stereocenters. The fourth-order valence-electron chi connectivity index (χ4n) is 1.57. The van der Waals surface area contributed by atoms with Gasteiger partial charge in [-0.1, -0.05) is 13.3 Å². The lowest BCUT2D eigenvalue weighted by Crippen LogP contribution is -2.30. The molecular formula is C14H22N2O3. The van der Waals surface area contributed by atoms with Crippen molar-refractivity contribution in [1.29, 1.82) is 0 Å². The number of H-pyrrole nitrogens is 1. The molecule has 0 saturated carbocycles. The maximum atomic E-state index is 11.7. The molecule has 1 amide bonds. The molecule has 0 saturated heterocycles. The van der Waals surface area contributed by atoms with Gasteiger partial charge in [-0.3, -0.25) is 9.59 Å². The van der Waals surface area contributed by atoms with Gasteiger partial charge in [0.25, 0.3) is 5.91 Å². The van der Waals surface area contributed by atoms with Crippen molar-refractivity contribution in [1.82, 2.24) is 10.3 Å². The molecular weight excluding hydrogens is 244 g/mol. The molecule has 0 aliphatic carbocycles. The number of pyridine rings is 1. The molecule has 19 heavy (non-hydrogen) atoms. The highest BCUT2D eigenvalue weighted by Gasteiger charge is 2.08. The van der Waals surface area contributed by atoms with Crippen molar-refractivity contribution in [3.8, 4) is 0 Å². The summed E-state index contributed by atoms with van der Waals surface area (Å²) in [4.78, 5) is 26.2. The fraction of sp³-hybridized carbons (Fsp3) is 0.571. The van der Waals surface area contributed by atoms with E-state index in [1.54, 1.807) is 6.92 Å². The Bertz CT molecular complexity index is 454. The van der Waals surface area contributed by atoms with Crippen LogP contribution in [-0.4, -0.2) is 30.6 Å². The number of aryl methyl sites for hydroxylation is 1. The topological polar surface area (TPSA) is 71.2 Å². The van der Waals surface area contributed by atoms with Gasteiger partial charge in [-0.25, -0.2) is 0 Å². The normalized spacial score (nSPS) is 10.4. The predicted octanol–water partition coefficient (Wildman–Crippen LogP) is 1.62. The van der Waals surface area contributed by atoms with Crippen molar-refractivity contribution in [2.24, 2.45) is 0 Å². The molecule has 1 aromatic heterocycles. The molecule has 1 aromatic rings. The Kier molecular flexibility index (Phi) is 6.89. The van der Waals surface area contributed by atoms with E-state index in [9.17, 15) is 9.59 Å². The number of rotatable bonds is 8. The smallest absolute Gasteiger partial charge is 0.256 e. The number of unbranched alkanes of at least 4 members (excludes halogenated alkanes) is 1. The minimum atomic E-state index is -0.338. The Hall–Kier alpha value is -1.62. The molecule has 5 nitrogen and oxygen atoms in total. The van der Waals surface area contributed by atoms with Crippen LogP contribution in [0.3, 0.4) is 0 Å². The highest BCUT2D eigenvalue weighted by molar-refractivity contribution is 5.93. The van der Waals surface area contributed by atoms with E-state index < -0.39 is 0 Å². The number of aromatic nitrogens is 1. The minimum Gasteiger partial charge on any atom is -0.381 e. The van der Waals surface area contributed by atoms with Gasteiger partial charge < -0.3 is 15.0 Å². The largest absolute Gasteiger partial charge is 0.381 e. The van der Waals surface area contributed by atoms with Crippen LogP contribution in [0.2, 0.25) is 0 Å². The Morgan fingerprint density at radius 1 is 1.37 bits per heavy atom. The third-order valence-corrected chi connectivity index (χ3v) is 2.70. The Morgan fingerprint density at radius 3 is 2.79 bits per heavy atom. The summed E-state index contributed by atoms with van der Waals surface area (Å²) in [6, 6.07) is 1.42. The first-order chi connectivity index (χ1) is 9.15. The van der Waals surface area contributed by atoms with Gasteiger partial charge in [0, 0.05) is 37.7 Å². The second-order valence-corrected chi connectivity index (χ2v) is 4.47. The highest BCUT2D eigenvalue weighted by Crippen LogP contribution is 1.93.